The Bertz CT molecular complexity index is 326. The molecule has 0 saturated carbocycles. The molecule has 0 saturated heterocycles. The predicted molar refractivity (Wildman–Crippen MR) is 64.0 cm³/mol. The lowest BCUT2D eigenvalue weighted by atomic mass is 10.1. The van der Waals surface area contributed by atoms with E-state index in [1.165, 1.54) is 0 Å². The fourth-order valence-electron chi connectivity index (χ4n) is 1.23. The smallest absolute Gasteiger partial charge is 0.168 e. The minimum atomic E-state index is 0.300. The summed E-state index contributed by atoms with van der Waals surface area (Å²) >= 11 is 8.21. The maximum atomic E-state index is 5.41. The van der Waals surface area contributed by atoms with E-state index in [2.05, 4.69) is 21.2 Å². The average molecular weight is 259 g/mol. The van der Waals surface area contributed by atoms with Crippen LogP contribution >= 0.6 is 28.1 Å². The highest BCUT2D eigenvalue weighted by atomic mass is 79.9. The Morgan fingerprint density at radius 1 is 1.38 bits per heavy atom. The molecule has 0 fully saturated rings. The second kappa shape index (κ2) is 4.07. The Morgan fingerprint density at radius 3 is 2.23 bits per heavy atom. The van der Waals surface area contributed by atoms with Crippen LogP contribution in [-0.4, -0.2) is 5.11 Å². The molecule has 3 N–H and O–H groups in total. The molecule has 2 nitrogen and oxygen atoms in total. The van der Waals surface area contributed by atoms with Crippen molar-refractivity contribution >= 4 is 38.9 Å². The van der Waals surface area contributed by atoms with Gasteiger partial charge in [-0.1, -0.05) is 15.9 Å². The quantitative estimate of drug-likeness (QED) is 0.761. The summed E-state index contributed by atoms with van der Waals surface area (Å²) in [7, 11) is 0. The van der Waals surface area contributed by atoms with Gasteiger partial charge in [-0.25, -0.2) is 0 Å². The lowest BCUT2D eigenvalue weighted by molar-refractivity contribution is 1.36. The summed E-state index contributed by atoms with van der Waals surface area (Å²) in [5, 5.41) is 3.26. The molecule has 0 amide bonds. The highest BCUT2D eigenvalue weighted by Gasteiger charge is 2.03. The summed E-state index contributed by atoms with van der Waals surface area (Å²) in [5.74, 6) is 0. The molecule has 1 aromatic carbocycles. The van der Waals surface area contributed by atoms with Gasteiger partial charge in [-0.15, -0.1) is 0 Å². The van der Waals surface area contributed by atoms with Crippen molar-refractivity contribution in [1.82, 2.24) is 0 Å². The van der Waals surface area contributed by atoms with Crippen molar-refractivity contribution in [2.24, 2.45) is 5.73 Å². The molecule has 13 heavy (non-hydrogen) atoms. The monoisotopic (exact) mass is 258 g/mol. The summed E-state index contributed by atoms with van der Waals surface area (Å²) in [4.78, 5) is 0. The van der Waals surface area contributed by atoms with Gasteiger partial charge in [0, 0.05) is 10.2 Å². The molecule has 1 aromatic rings. The highest BCUT2D eigenvalue weighted by Crippen LogP contribution is 2.24. The van der Waals surface area contributed by atoms with Crippen LogP contribution in [-0.2, 0) is 0 Å². The number of benzene rings is 1. The van der Waals surface area contributed by atoms with Crippen LogP contribution in [0, 0.1) is 13.8 Å². The first kappa shape index (κ1) is 10.5. The van der Waals surface area contributed by atoms with Gasteiger partial charge in [0.05, 0.1) is 0 Å². The first-order valence-corrected chi connectivity index (χ1v) is 5.04. The number of aryl methyl sites for hydroxylation is 2. The Hall–Kier alpha value is -0.610. The van der Waals surface area contributed by atoms with Gasteiger partial charge in [-0.3, -0.25) is 0 Å². The first-order chi connectivity index (χ1) is 6.00. The maximum absolute atomic E-state index is 5.41. The van der Waals surface area contributed by atoms with E-state index in [1.807, 2.05) is 26.0 Å². The largest absolute Gasteiger partial charge is 0.376 e. The molecule has 0 radical (unpaired) electrons. The molecule has 1 rings (SSSR count). The van der Waals surface area contributed by atoms with Crippen molar-refractivity contribution in [3.8, 4) is 0 Å². The van der Waals surface area contributed by atoms with E-state index in [0.717, 1.165) is 21.3 Å². The number of rotatable bonds is 1. The van der Waals surface area contributed by atoms with Crippen molar-refractivity contribution in [2.75, 3.05) is 5.32 Å². The van der Waals surface area contributed by atoms with Crippen molar-refractivity contribution in [1.29, 1.82) is 0 Å². The summed E-state index contributed by atoms with van der Waals surface area (Å²) in [6.07, 6.45) is 0. The molecule has 0 atom stereocenters. The lowest BCUT2D eigenvalue weighted by Crippen LogP contribution is -2.20. The zero-order valence-electron chi connectivity index (χ0n) is 7.52. The van der Waals surface area contributed by atoms with Crippen LogP contribution in [0.3, 0.4) is 0 Å². The summed E-state index contributed by atoms with van der Waals surface area (Å²) in [6.45, 7) is 4.02. The fraction of sp³-hybridized carbons (Fsp3) is 0.222. The van der Waals surface area contributed by atoms with Gasteiger partial charge < -0.3 is 11.1 Å². The predicted octanol–water partition coefficient (Wildman–Crippen LogP) is 2.72. The van der Waals surface area contributed by atoms with E-state index < -0.39 is 0 Å². The number of hydrogen-bond donors (Lipinski definition) is 2. The second-order valence-electron chi connectivity index (χ2n) is 2.90. The molecule has 0 aromatic heterocycles. The van der Waals surface area contributed by atoms with Crippen LogP contribution in [0.1, 0.15) is 11.1 Å². The lowest BCUT2D eigenvalue weighted by Gasteiger charge is -2.11. The van der Waals surface area contributed by atoms with E-state index in [4.69, 9.17) is 18.0 Å². The van der Waals surface area contributed by atoms with E-state index in [1.54, 1.807) is 0 Å². The minimum Gasteiger partial charge on any atom is -0.376 e. The third kappa shape index (κ3) is 2.67. The minimum absolute atomic E-state index is 0.300. The molecule has 4 heteroatoms. The van der Waals surface area contributed by atoms with Gasteiger partial charge in [0.2, 0.25) is 0 Å². The summed E-state index contributed by atoms with van der Waals surface area (Å²) in [6, 6.07) is 4.04. The van der Waals surface area contributed by atoms with Crippen LogP contribution in [0.25, 0.3) is 0 Å². The summed E-state index contributed by atoms with van der Waals surface area (Å²) in [5.41, 5.74) is 8.65. The average Bonchev–Trinajstić information content (AvgIpc) is 1.96. The number of halogens is 1. The van der Waals surface area contributed by atoms with E-state index in [0.29, 0.717) is 5.11 Å². The fourth-order valence-corrected chi connectivity index (χ4v) is 2.02. The number of nitrogens with two attached hydrogens (primary N) is 1. The van der Waals surface area contributed by atoms with Gasteiger partial charge in [0.15, 0.2) is 5.11 Å². The van der Waals surface area contributed by atoms with Crippen LogP contribution in [0.4, 0.5) is 5.69 Å². The Kier molecular flexibility index (Phi) is 3.27. The Morgan fingerprint density at radius 2 is 1.85 bits per heavy atom. The number of nitrogens with one attached hydrogen (secondary N) is 1. The molecule has 0 heterocycles. The Labute approximate surface area is 91.6 Å². The van der Waals surface area contributed by atoms with Gasteiger partial charge in [-0.05, 0) is 49.3 Å². The third-order valence-electron chi connectivity index (χ3n) is 1.75. The molecule has 0 aliphatic heterocycles. The van der Waals surface area contributed by atoms with Gasteiger partial charge in [0.25, 0.3) is 0 Å². The summed E-state index contributed by atoms with van der Waals surface area (Å²) < 4.78 is 1.07. The van der Waals surface area contributed by atoms with Crippen LogP contribution in [0.5, 0.6) is 0 Å². The molecule has 0 spiro atoms. The van der Waals surface area contributed by atoms with Gasteiger partial charge in [-0.2, -0.15) is 0 Å². The van der Waals surface area contributed by atoms with E-state index in [9.17, 15) is 0 Å². The van der Waals surface area contributed by atoms with E-state index >= 15 is 0 Å². The van der Waals surface area contributed by atoms with Crippen LogP contribution in [0.15, 0.2) is 16.6 Å². The van der Waals surface area contributed by atoms with Crippen molar-refractivity contribution in [3.63, 3.8) is 0 Å². The maximum Gasteiger partial charge on any atom is 0.168 e. The molecule has 0 bridgehead atoms. The molecular weight excluding hydrogens is 248 g/mol. The highest BCUT2D eigenvalue weighted by molar-refractivity contribution is 9.10. The van der Waals surface area contributed by atoms with Gasteiger partial charge >= 0.3 is 0 Å². The molecular formula is C9H11BrN2S. The number of hydrogen-bond acceptors (Lipinski definition) is 1. The SMILES string of the molecule is Cc1cc(Br)cc(C)c1NC(N)=S. The standard InChI is InChI=1S/C9H11BrN2S/c1-5-3-7(10)4-6(2)8(5)12-9(11)13/h3-4H,1-2H3,(H3,11,12,13). The first-order valence-electron chi connectivity index (χ1n) is 3.84. The van der Waals surface area contributed by atoms with Crippen LogP contribution < -0.4 is 11.1 Å². The molecule has 0 unspecified atom stereocenters. The molecule has 0 aliphatic carbocycles. The van der Waals surface area contributed by atoms with Crippen molar-refractivity contribution in [3.05, 3.63) is 27.7 Å². The van der Waals surface area contributed by atoms with Crippen molar-refractivity contribution < 1.29 is 0 Å². The molecule has 0 aliphatic rings. The van der Waals surface area contributed by atoms with Gasteiger partial charge in [0.1, 0.15) is 0 Å². The zero-order valence-corrected chi connectivity index (χ0v) is 9.92. The Balaban J connectivity index is 3.13. The van der Waals surface area contributed by atoms with Crippen LogP contribution in [0.2, 0.25) is 0 Å². The number of anilines is 1. The third-order valence-corrected chi connectivity index (χ3v) is 2.31. The number of thiocarbonyl (C=S) groups is 1. The van der Waals surface area contributed by atoms with Crippen molar-refractivity contribution in [2.45, 2.75) is 13.8 Å². The van der Waals surface area contributed by atoms with E-state index in [-0.39, 0.29) is 0 Å². The zero-order chi connectivity index (χ0) is 10.0. The normalized spacial score (nSPS) is 9.77. The molecule has 70 valence electrons. The topological polar surface area (TPSA) is 38.0 Å². The second-order valence-corrected chi connectivity index (χ2v) is 4.26.